The molecule has 0 bridgehead atoms. The Morgan fingerprint density at radius 2 is 1.52 bits per heavy atom. The zero-order valence-electron chi connectivity index (χ0n) is 14.8. The van der Waals surface area contributed by atoms with E-state index in [4.69, 9.17) is 14.0 Å². The van der Waals surface area contributed by atoms with Crippen molar-refractivity contribution in [3.63, 3.8) is 0 Å². The highest BCUT2D eigenvalue weighted by atomic mass is 32.1. The SMILES string of the molecule is COC(=O)c1cc2cc3sc(B4OC(C)(C)C(C)(C)O4)cc3cc2s1. The quantitative estimate of drug-likeness (QED) is 0.498. The number of fused-ring (bicyclic) bond motifs is 2. The monoisotopic (exact) mass is 374 g/mol. The largest absolute Gasteiger partial charge is 0.505 e. The lowest BCUT2D eigenvalue weighted by Gasteiger charge is -2.32. The van der Waals surface area contributed by atoms with Crippen molar-refractivity contribution in [1.82, 2.24) is 0 Å². The van der Waals surface area contributed by atoms with Crippen LogP contribution in [0.5, 0.6) is 0 Å². The lowest BCUT2D eigenvalue weighted by atomic mass is 9.87. The molecule has 1 fully saturated rings. The molecule has 1 aliphatic rings. The summed E-state index contributed by atoms with van der Waals surface area (Å²) in [5.41, 5.74) is -0.687. The average Bonchev–Trinajstić information content (AvgIpc) is 3.17. The number of carbonyl (C=O) groups is 1. The molecule has 0 atom stereocenters. The summed E-state index contributed by atoms with van der Waals surface area (Å²) in [6.45, 7) is 8.24. The highest BCUT2D eigenvalue weighted by Gasteiger charge is 2.52. The van der Waals surface area contributed by atoms with Crippen LogP contribution in [0.3, 0.4) is 0 Å². The molecule has 0 aliphatic carbocycles. The van der Waals surface area contributed by atoms with Gasteiger partial charge in [0.15, 0.2) is 0 Å². The molecule has 0 amide bonds. The number of esters is 1. The van der Waals surface area contributed by atoms with Crippen LogP contribution >= 0.6 is 22.7 Å². The lowest BCUT2D eigenvalue weighted by Crippen LogP contribution is -2.41. The van der Waals surface area contributed by atoms with Crippen LogP contribution in [0.1, 0.15) is 37.4 Å². The van der Waals surface area contributed by atoms with Crippen LogP contribution in [0.15, 0.2) is 24.3 Å². The number of benzene rings is 1. The van der Waals surface area contributed by atoms with Crippen LogP contribution < -0.4 is 4.78 Å². The van der Waals surface area contributed by atoms with Crippen LogP contribution in [0.2, 0.25) is 0 Å². The molecule has 0 radical (unpaired) electrons. The van der Waals surface area contributed by atoms with E-state index in [0.29, 0.717) is 4.88 Å². The van der Waals surface area contributed by atoms with E-state index >= 15 is 0 Å². The third-order valence-corrected chi connectivity index (χ3v) is 7.24. The Kier molecular flexibility index (Phi) is 3.78. The highest BCUT2D eigenvalue weighted by molar-refractivity contribution is 7.28. The molecule has 1 aliphatic heterocycles. The van der Waals surface area contributed by atoms with Gasteiger partial charge in [0.2, 0.25) is 0 Å². The van der Waals surface area contributed by atoms with Crippen molar-refractivity contribution in [2.24, 2.45) is 0 Å². The maximum absolute atomic E-state index is 11.7. The van der Waals surface area contributed by atoms with Crippen molar-refractivity contribution in [2.75, 3.05) is 7.11 Å². The van der Waals surface area contributed by atoms with Gasteiger partial charge >= 0.3 is 13.1 Å². The molecule has 4 rings (SSSR count). The summed E-state index contributed by atoms with van der Waals surface area (Å²) in [4.78, 5) is 12.3. The first-order valence-corrected chi connectivity index (χ1v) is 9.74. The maximum Gasteiger partial charge on any atom is 0.505 e. The van der Waals surface area contributed by atoms with Crippen molar-refractivity contribution >= 4 is 60.7 Å². The van der Waals surface area contributed by atoms with Gasteiger partial charge in [-0.2, -0.15) is 0 Å². The van der Waals surface area contributed by atoms with Gasteiger partial charge in [-0.3, -0.25) is 0 Å². The summed E-state index contributed by atoms with van der Waals surface area (Å²) < 4.78 is 20.4. The molecule has 0 N–H and O–H groups in total. The van der Waals surface area contributed by atoms with Crippen molar-refractivity contribution < 1.29 is 18.8 Å². The molecule has 2 aromatic heterocycles. The van der Waals surface area contributed by atoms with Crippen LogP contribution in [-0.4, -0.2) is 31.4 Å². The van der Waals surface area contributed by atoms with Gasteiger partial charge in [-0.1, -0.05) is 0 Å². The van der Waals surface area contributed by atoms with Crippen molar-refractivity contribution in [3.05, 3.63) is 29.1 Å². The summed E-state index contributed by atoms with van der Waals surface area (Å²) in [7, 11) is 1.06. The standard InChI is InChI=1S/C18H19BO4S2/c1-17(2)18(3,4)23-19(22-17)15-9-11-7-12-10(6-13(11)25-15)8-14(24-12)16(20)21-5/h6-9H,1-5H3. The van der Waals surface area contributed by atoms with E-state index < -0.39 is 0 Å². The first-order chi connectivity index (χ1) is 11.7. The number of methoxy groups -OCH3 is 1. The summed E-state index contributed by atoms with van der Waals surface area (Å²) in [5, 5.41) is 2.20. The number of rotatable bonds is 2. The van der Waals surface area contributed by atoms with Gasteiger partial charge in [0.05, 0.1) is 18.3 Å². The second-order valence-corrected chi connectivity index (χ2v) is 9.47. The Balaban J connectivity index is 1.73. The normalized spacial score (nSPS) is 19.0. The first-order valence-electron chi connectivity index (χ1n) is 8.11. The minimum atomic E-state index is -0.344. The zero-order chi connectivity index (χ0) is 18.0. The molecule has 0 saturated carbocycles. The number of carbonyl (C=O) groups excluding carboxylic acids is 1. The van der Waals surface area contributed by atoms with E-state index in [-0.39, 0.29) is 24.3 Å². The van der Waals surface area contributed by atoms with Gasteiger partial charge in [0.1, 0.15) is 4.88 Å². The Morgan fingerprint density at radius 1 is 0.960 bits per heavy atom. The van der Waals surface area contributed by atoms with E-state index in [2.05, 4.69) is 45.9 Å². The Morgan fingerprint density at radius 3 is 2.12 bits per heavy atom. The minimum absolute atomic E-state index is 0.289. The van der Waals surface area contributed by atoms with E-state index in [9.17, 15) is 4.79 Å². The van der Waals surface area contributed by atoms with Gasteiger partial charge in [-0.15, -0.1) is 22.7 Å². The molecule has 130 valence electrons. The molecule has 3 aromatic rings. The van der Waals surface area contributed by atoms with Crippen LogP contribution in [0.25, 0.3) is 20.2 Å². The van der Waals surface area contributed by atoms with Crippen LogP contribution in [0, 0.1) is 0 Å². The third-order valence-electron chi connectivity index (χ3n) is 5.05. The number of hydrogen-bond acceptors (Lipinski definition) is 6. The fraction of sp³-hybridized carbons (Fsp3) is 0.389. The second-order valence-electron chi connectivity index (χ2n) is 7.27. The molecule has 1 saturated heterocycles. The van der Waals surface area contributed by atoms with Crippen molar-refractivity contribution in [2.45, 2.75) is 38.9 Å². The second kappa shape index (κ2) is 5.54. The highest BCUT2D eigenvalue weighted by Crippen LogP contribution is 2.38. The van der Waals surface area contributed by atoms with E-state index in [0.717, 1.165) is 24.9 Å². The predicted octanol–water partition coefficient (Wildman–Crippen LogP) is 4.20. The van der Waals surface area contributed by atoms with Crippen LogP contribution in [-0.2, 0) is 14.0 Å². The topological polar surface area (TPSA) is 44.8 Å². The Hall–Kier alpha value is -1.41. The molecule has 4 nitrogen and oxygen atoms in total. The smallest absolute Gasteiger partial charge is 0.465 e. The molecule has 3 heterocycles. The van der Waals surface area contributed by atoms with E-state index in [1.165, 1.54) is 18.4 Å². The fourth-order valence-electron chi connectivity index (χ4n) is 2.87. The van der Waals surface area contributed by atoms with Gasteiger partial charge in [0.25, 0.3) is 0 Å². The van der Waals surface area contributed by atoms with Gasteiger partial charge < -0.3 is 14.0 Å². The molecule has 7 heteroatoms. The van der Waals surface area contributed by atoms with Gasteiger partial charge in [-0.05, 0) is 62.7 Å². The van der Waals surface area contributed by atoms with Gasteiger partial charge in [-0.25, -0.2) is 4.79 Å². The first kappa shape index (κ1) is 17.0. The molecular formula is C18H19BO4S2. The van der Waals surface area contributed by atoms with Gasteiger partial charge in [0, 0.05) is 14.2 Å². The zero-order valence-corrected chi connectivity index (χ0v) is 16.5. The summed E-state index contributed by atoms with van der Waals surface area (Å²) in [5.74, 6) is -0.289. The fourth-order valence-corrected chi connectivity index (χ4v) is 4.93. The third kappa shape index (κ3) is 2.70. The number of hydrogen-bond donors (Lipinski definition) is 0. The average molecular weight is 374 g/mol. The molecule has 0 unspecified atom stereocenters. The Labute approximate surface area is 154 Å². The summed E-state index contributed by atoms with van der Waals surface area (Å²) >= 11 is 3.13. The molecule has 0 spiro atoms. The molecule has 1 aromatic carbocycles. The molecular weight excluding hydrogens is 355 g/mol. The van der Waals surface area contributed by atoms with E-state index in [1.54, 1.807) is 11.3 Å². The van der Waals surface area contributed by atoms with Crippen molar-refractivity contribution in [1.29, 1.82) is 0 Å². The van der Waals surface area contributed by atoms with Crippen molar-refractivity contribution in [3.8, 4) is 0 Å². The lowest BCUT2D eigenvalue weighted by molar-refractivity contribution is 0.00578. The number of thiophene rings is 2. The summed E-state index contributed by atoms with van der Waals surface area (Å²) in [6.07, 6.45) is 0. The van der Waals surface area contributed by atoms with E-state index in [1.807, 2.05) is 6.07 Å². The Bertz CT molecular complexity index is 919. The molecule has 25 heavy (non-hydrogen) atoms. The maximum atomic E-state index is 11.7. The van der Waals surface area contributed by atoms with Crippen LogP contribution in [0.4, 0.5) is 0 Å². The number of ether oxygens (including phenoxy) is 1. The minimum Gasteiger partial charge on any atom is -0.465 e. The predicted molar refractivity (Wildman–Crippen MR) is 104 cm³/mol. The summed E-state index contributed by atoms with van der Waals surface area (Å²) in [6, 6.07) is 8.25.